The first-order valence-electron chi connectivity index (χ1n) is 6.31. The van der Waals surface area contributed by atoms with Crippen molar-refractivity contribution in [3.63, 3.8) is 0 Å². The van der Waals surface area contributed by atoms with Crippen molar-refractivity contribution in [2.24, 2.45) is 10.7 Å². The average Bonchev–Trinajstić information content (AvgIpc) is 2.50. The Hall–Kier alpha value is -1.34. The van der Waals surface area contributed by atoms with Gasteiger partial charge in [-0.1, -0.05) is 12.1 Å². The van der Waals surface area contributed by atoms with Gasteiger partial charge < -0.3 is 11.1 Å². The summed E-state index contributed by atoms with van der Waals surface area (Å²) in [6.07, 6.45) is 1.50. The molecule has 3 nitrogen and oxygen atoms in total. The highest BCUT2D eigenvalue weighted by atomic mass is 127. The molecule has 0 unspecified atom stereocenters. The maximum absolute atomic E-state index is 5.56. The van der Waals surface area contributed by atoms with Crippen molar-refractivity contribution in [3.05, 3.63) is 68.3 Å². The van der Waals surface area contributed by atoms with Gasteiger partial charge in [-0.2, -0.15) is 0 Å². The lowest BCUT2D eigenvalue weighted by Gasteiger charge is -2.10. The number of hydrogen-bond acceptors (Lipinski definition) is 3. The van der Waals surface area contributed by atoms with Crippen LogP contribution in [0.25, 0.3) is 0 Å². The van der Waals surface area contributed by atoms with E-state index in [2.05, 4.69) is 73.1 Å². The van der Waals surface area contributed by atoms with Gasteiger partial charge in [-0.15, -0.1) is 0 Å². The van der Waals surface area contributed by atoms with Crippen LogP contribution in [0.2, 0.25) is 0 Å². The number of nitrogens with zero attached hydrogens (tertiary/aromatic N) is 1. The van der Waals surface area contributed by atoms with Gasteiger partial charge >= 0.3 is 0 Å². The lowest BCUT2D eigenvalue weighted by atomic mass is 10.1. The van der Waals surface area contributed by atoms with Crippen molar-refractivity contribution in [3.8, 4) is 0 Å². The molecule has 0 saturated heterocycles. The maximum atomic E-state index is 5.56. The summed E-state index contributed by atoms with van der Waals surface area (Å²) >= 11 is 5.71. The molecular weight excluding hydrogens is 441 g/mol. The number of anilines is 2. The largest absolute Gasteiger partial charge is 0.404 e. The second-order valence-electron chi connectivity index (χ2n) is 4.30. The zero-order chi connectivity index (χ0) is 15.2. The second kappa shape index (κ2) is 7.61. The number of aliphatic imine (C=N–C) groups is 1. The van der Waals surface area contributed by atoms with E-state index in [9.17, 15) is 0 Å². The molecule has 0 heterocycles. The van der Waals surface area contributed by atoms with Crippen LogP contribution in [0.15, 0.2) is 64.2 Å². The molecule has 2 rings (SSSR count). The van der Waals surface area contributed by atoms with Crippen molar-refractivity contribution in [1.82, 2.24) is 0 Å². The second-order valence-corrected chi connectivity index (χ2v) is 6.40. The fraction of sp³-hybridized carbons (Fsp3) is 0.0625. The van der Waals surface area contributed by atoms with E-state index in [1.807, 2.05) is 24.3 Å². The van der Waals surface area contributed by atoms with Crippen LogP contribution in [-0.4, -0.2) is 12.8 Å². The van der Waals surface area contributed by atoms with Crippen LogP contribution >= 0.6 is 38.5 Å². The predicted molar refractivity (Wildman–Crippen MR) is 103 cm³/mol. The molecular formula is C16H15BrIN3. The SMILES string of the molecule is CN=C(C(Br)=CN)c1cccc(Nc2ccc(I)cc2)c1. The van der Waals surface area contributed by atoms with E-state index in [-0.39, 0.29) is 0 Å². The van der Waals surface area contributed by atoms with Gasteiger partial charge in [-0.25, -0.2) is 0 Å². The average molecular weight is 456 g/mol. The quantitative estimate of drug-likeness (QED) is 0.520. The first-order chi connectivity index (χ1) is 10.1. The minimum atomic E-state index is 0.774. The summed E-state index contributed by atoms with van der Waals surface area (Å²) in [4.78, 5) is 4.28. The van der Waals surface area contributed by atoms with Crippen LogP contribution in [0.5, 0.6) is 0 Å². The molecule has 0 atom stereocenters. The van der Waals surface area contributed by atoms with Gasteiger partial charge in [0.25, 0.3) is 0 Å². The van der Waals surface area contributed by atoms with Gasteiger partial charge in [0, 0.05) is 33.8 Å². The number of benzene rings is 2. The van der Waals surface area contributed by atoms with Crippen molar-refractivity contribution >= 4 is 55.6 Å². The Morgan fingerprint density at radius 1 is 1.19 bits per heavy atom. The van der Waals surface area contributed by atoms with Gasteiger partial charge in [0.2, 0.25) is 0 Å². The monoisotopic (exact) mass is 455 g/mol. The van der Waals surface area contributed by atoms with Crippen LogP contribution < -0.4 is 11.1 Å². The fourth-order valence-electron chi connectivity index (χ4n) is 1.90. The van der Waals surface area contributed by atoms with E-state index in [0.717, 1.165) is 27.1 Å². The van der Waals surface area contributed by atoms with E-state index >= 15 is 0 Å². The Kier molecular flexibility index (Phi) is 5.81. The van der Waals surface area contributed by atoms with Crippen molar-refractivity contribution in [2.75, 3.05) is 12.4 Å². The highest BCUT2D eigenvalue weighted by Crippen LogP contribution is 2.21. The summed E-state index contributed by atoms with van der Waals surface area (Å²) < 4.78 is 1.99. The third kappa shape index (κ3) is 4.31. The molecule has 108 valence electrons. The third-order valence-corrected chi connectivity index (χ3v) is 4.22. The Labute approximate surface area is 146 Å². The topological polar surface area (TPSA) is 50.4 Å². The molecule has 2 aromatic rings. The van der Waals surface area contributed by atoms with E-state index in [1.165, 1.54) is 9.77 Å². The molecule has 0 aliphatic carbocycles. The van der Waals surface area contributed by atoms with Crippen LogP contribution in [0.1, 0.15) is 5.56 Å². The Morgan fingerprint density at radius 2 is 1.90 bits per heavy atom. The van der Waals surface area contributed by atoms with E-state index in [4.69, 9.17) is 5.73 Å². The highest BCUT2D eigenvalue weighted by molar-refractivity contribution is 14.1. The molecule has 21 heavy (non-hydrogen) atoms. The lowest BCUT2D eigenvalue weighted by molar-refractivity contribution is 1.42. The van der Waals surface area contributed by atoms with Crippen molar-refractivity contribution in [1.29, 1.82) is 0 Å². The maximum Gasteiger partial charge on any atom is 0.0800 e. The molecule has 0 bridgehead atoms. The summed E-state index contributed by atoms with van der Waals surface area (Å²) in [5.41, 5.74) is 9.44. The smallest absolute Gasteiger partial charge is 0.0800 e. The van der Waals surface area contributed by atoms with Crippen LogP contribution in [-0.2, 0) is 0 Å². The number of rotatable bonds is 4. The molecule has 0 saturated carbocycles. The zero-order valence-corrected chi connectivity index (χ0v) is 15.2. The number of nitrogens with one attached hydrogen (secondary N) is 1. The van der Waals surface area contributed by atoms with Crippen molar-refractivity contribution < 1.29 is 0 Å². The summed E-state index contributed by atoms with van der Waals surface area (Å²) in [6, 6.07) is 16.3. The summed E-state index contributed by atoms with van der Waals surface area (Å²) in [7, 11) is 1.75. The predicted octanol–water partition coefficient (Wildman–Crippen LogP) is 4.65. The molecule has 0 fully saturated rings. The van der Waals surface area contributed by atoms with Crippen LogP contribution in [0.3, 0.4) is 0 Å². The Balaban J connectivity index is 2.27. The minimum absolute atomic E-state index is 0.774. The van der Waals surface area contributed by atoms with Crippen molar-refractivity contribution in [2.45, 2.75) is 0 Å². The number of halogens is 2. The Morgan fingerprint density at radius 3 is 2.52 bits per heavy atom. The normalized spacial score (nSPS) is 12.3. The van der Waals surface area contributed by atoms with E-state index in [1.54, 1.807) is 7.05 Å². The molecule has 0 amide bonds. The highest BCUT2D eigenvalue weighted by Gasteiger charge is 2.07. The standard InChI is InChI=1S/C16H15BrIN3/c1-20-16(15(17)10-19)11-3-2-4-14(9-11)21-13-7-5-12(18)6-8-13/h2-10,21H,19H2,1H3. The molecule has 5 heteroatoms. The minimum Gasteiger partial charge on any atom is -0.404 e. The van der Waals surface area contributed by atoms with E-state index in [0.29, 0.717) is 0 Å². The van der Waals surface area contributed by atoms with Gasteiger partial charge in [0.1, 0.15) is 0 Å². The number of allylic oxidation sites excluding steroid dienone is 1. The van der Waals surface area contributed by atoms with Crippen LogP contribution in [0.4, 0.5) is 11.4 Å². The van der Waals surface area contributed by atoms with Gasteiger partial charge in [-0.05, 0) is 74.9 Å². The molecule has 2 aromatic carbocycles. The molecule has 3 N–H and O–H groups in total. The van der Waals surface area contributed by atoms with E-state index < -0.39 is 0 Å². The summed E-state index contributed by atoms with van der Waals surface area (Å²) in [5, 5.41) is 3.38. The third-order valence-electron chi connectivity index (χ3n) is 2.87. The molecule has 0 spiro atoms. The molecule has 0 radical (unpaired) electrons. The number of hydrogen-bond donors (Lipinski definition) is 2. The zero-order valence-electron chi connectivity index (χ0n) is 11.5. The molecule has 0 aliphatic heterocycles. The summed E-state index contributed by atoms with van der Waals surface area (Å²) in [5.74, 6) is 0. The summed E-state index contributed by atoms with van der Waals surface area (Å²) in [6.45, 7) is 0. The fourth-order valence-corrected chi connectivity index (χ4v) is 2.66. The van der Waals surface area contributed by atoms with Crippen LogP contribution in [0, 0.1) is 3.57 Å². The van der Waals surface area contributed by atoms with Gasteiger partial charge in [-0.3, -0.25) is 4.99 Å². The van der Waals surface area contributed by atoms with Gasteiger partial charge in [0.05, 0.1) is 10.2 Å². The number of nitrogens with two attached hydrogens (primary N) is 1. The Bertz CT molecular complexity index is 678. The molecule has 0 aliphatic rings. The lowest BCUT2D eigenvalue weighted by Crippen LogP contribution is -2.03. The first kappa shape index (κ1) is 16.0. The first-order valence-corrected chi connectivity index (χ1v) is 8.19. The molecule has 0 aromatic heterocycles. The van der Waals surface area contributed by atoms with Gasteiger partial charge in [0.15, 0.2) is 0 Å².